The molecule has 1 N–H and O–H groups in total. The van der Waals surface area contributed by atoms with Gasteiger partial charge < -0.3 is 19.5 Å². The first-order valence-corrected chi connectivity index (χ1v) is 14.8. The van der Waals surface area contributed by atoms with Crippen LogP contribution in [0.3, 0.4) is 0 Å². The van der Waals surface area contributed by atoms with Gasteiger partial charge in [-0.15, -0.1) is 0 Å². The number of rotatable bonds is 12. The lowest BCUT2D eigenvalue weighted by molar-refractivity contribution is -0.137. The van der Waals surface area contributed by atoms with Crippen molar-refractivity contribution in [3.8, 4) is 11.6 Å². The van der Waals surface area contributed by atoms with Crippen LogP contribution in [0, 0.1) is 11.8 Å². The number of benzene rings is 1. The summed E-state index contributed by atoms with van der Waals surface area (Å²) in [6, 6.07) is 15.0. The molecule has 3 heterocycles. The number of anilines is 2. The van der Waals surface area contributed by atoms with Crippen molar-refractivity contribution in [2.24, 2.45) is 11.8 Å². The number of pyridine rings is 2. The summed E-state index contributed by atoms with van der Waals surface area (Å²) in [6.45, 7) is 6.08. The maximum Gasteiger partial charge on any atom is 0.303 e. The van der Waals surface area contributed by atoms with Crippen molar-refractivity contribution >= 4 is 23.4 Å². The van der Waals surface area contributed by atoms with Gasteiger partial charge in [-0.2, -0.15) is 0 Å². The SMILES string of the molecule is COc1ccc(C(=O)N(c2ccccn2)C(C)C)c(N2CCC(COc3cc(C(CC(=O)O)C4CC4)ccn3)CC2)c1. The van der Waals surface area contributed by atoms with E-state index >= 15 is 0 Å². The number of hydrogen-bond donors (Lipinski definition) is 1. The highest BCUT2D eigenvalue weighted by molar-refractivity contribution is 6.09. The van der Waals surface area contributed by atoms with Crippen LogP contribution in [0.25, 0.3) is 0 Å². The molecule has 5 rings (SSSR count). The molecule has 1 atom stereocenters. The summed E-state index contributed by atoms with van der Waals surface area (Å²) >= 11 is 0. The Morgan fingerprint density at radius 2 is 1.81 bits per heavy atom. The molecule has 1 aliphatic heterocycles. The second-order valence-electron chi connectivity index (χ2n) is 11.6. The highest BCUT2D eigenvalue weighted by Crippen LogP contribution is 2.45. The summed E-state index contributed by atoms with van der Waals surface area (Å²) in [6.07, 6.45) is 7.52. The topological polar surface area (TPSA) is 105 Å². The van der Waals surface area contributed by atoms with E-state index in [1.807, 2.05) is 62.4 Å². The fourth-order valence-electron chi connectivity index (χ4n) is 5.83. The van der Waals surface area contributed by atoms with Gasteiger partial charge in [-0.1, -0.05) is 6.07 Å². The third-order valence-corrected chi connectivity index (χ3v) is 8.26. The minimum atomic E-state index is -0.771. The van der Waals surface area contributed by atoms with Crippen molar-refractivity contribution in [2.45, 2.75) is 57.9 Å². The summed E-state index contributed by atoms with van der Waals surface area (Å²) in [5.74, 6) is 1.81. The maximum atomic E-state index is 13.9. The molecule has 1 unspecified atom stereocenters. The number of ether oxygens (including phenoxy) is 2. The monoisotopic (exact) mass is 572 g/mol. The number of piperidine rings is 1. The highest BCUT2D eigenvalue weighted by Gasteiger charge is 2.34. The molecule has 3 aromatic rings. The molecule has 9 heteroatoms. The van der Waals surface area contributed by atoms with Crippen LogP contribution in [0.15, 0.2) is 60.9 Å². The first-order valence-electron chi connectivity index (χ1n) is 14.8. The van der Waals surface area contributed by atoms with E-state index in [0.717, 1.165) is 50.0 Å². The summed E-state index contributed by atoms with van der Waals surface area (Å²) in [5.41, 5.74) is 2.48. The standard InChI is InChI=1S/C33H40N4O5/c1-22(2)37(30-6-4-5-14-34-30)33(40)27-10-9-26(41-3)19-29(27)36-16-12-23(13-17-36)21-42-31-18-25(11-15-35-31)28(20-32(38)39)24-7-8-24/h4-6,9-11,14-15,18-19,22-24,28H,7-8,12-13,16-17,20-21H2,1-3H3,(H,38,39). The first kappa shape index (κ1) is 29.4. The van der Waals surface area contributed by atoms with Gasteiger partial charge in [-0.3, -0.25) is 14.5 Å². The van der Waals surface area contributed by atoms with E-state index in [9.17, 15) is 14.7 Å². The van der Waals surface area contributed by atoms with E-state index in [1.54, 1.807) is 24.4 Å². The quantitative estimate of drug-likeness (QED) is 0.290. The van der Waals surface area contributed by atoms with Gasteiger partial charge in [-0.05, 0) is 93.2 Å². The highest BCUT2D eigenvalue weighted by atomic mass is 16.5. The molecule has 1 saturated carbocycles. The van der Waals surface area contributed by atoms with E-state index in [2.05, 4.69) is 14.9 Å². The van der Waals surface area contributed by atoms with Gasteiger partial charge in [-0.25, -0.2) is 9.97 Å². The zero-order chi connectivity index (χ0) is 29.6. The van der Waals surface area contributed by atoms with Crippen molar-refractivity contribution in [3.05, 3.63) is 72.1 Å². The number of aromatic nitrogens is 2. The van der Waals surface area contributed by atoms with Gasteiger partial charge in [0.1, 0.15) is 11.6 Å². The molecule has 2 aromatic heterocycles. The Bertz CT molecular complexity index is 1370. The zero-order valence-corrected chi connectivity index (χ0v) is 24.6. The van der Waals surface area contributed by atoms with Crippen LogP contribution in [-0.4, -0.2) is 59.8 Å². The molecule has 1 amide bonds. The number of nitrogens with zero attached hydrogens (tertiary/aromatic N) is 4. The van der Waals surface area contributed by atoms with Crippen LogP contribution < -0.4 is 19.3 Å². The number of hydrogen-bond acceptors (Lipinski definition) is 7. The predicted molar refractivity (Wildman–Crippen MR) is 162 cm³/mol. The van der Waals surface area contributed by atoms with Crippen molar-refractivity contribution in [1.82, 2.24) is 9.97 Å². The lowest BCUT2D eigenvalue weighted by atomic mass is 9.92. The molecular weight excluding hydrogens is 532 g/mol. The Balaban J connectivity index is 1.25. The second kappa shape index (κ2) is 13.2. The van der Waals surface area contributed by atoms with Crippen molar-refractivity contribution in [3.63, 3.8) is 0 Å². The largest absolute Gasteiger partial charge is 0.497 e. The van der Waals surface area contributed by atoms with E-state index < -0.39 is 5.97 Å². The molecule has 42 heavy (non-hydrogen) atoms. The molecule has 1 aromatic carbocycles. The molecule has 0 bridgehead atoms. The molecule has 2 aliphatic rings. The van der Waals surface area contributed by atoms with Crippen molar-refractivity contribution in [2.75, 3.05) is 36.6 Å². The smallest absolute Gasteiger partial charge is 0.303 e. The van der Waals surface area contributed by atoms with Crippen LogP contribution in [0.4, 0.5) is 11.5 Å². The maximum absolute atomic E-state index is 13.9. The number of carboxylic acid groups (broad SMARTS) is 1. The normalized spacial score (nSPS) is 16.2. The van der Waals surface area contributed by atoms with Crippen molar-refractivity contribution < 1.29 is 24.2 Å². The van der Waals surface area contributed by atoms with Gasteiger partial charge in [0.2, 0.25) is 5.88 Å². The van der Waals surface area contributed by atoms with Gasteiger partial charge in [0, 0.05) is 43.7 Å². The fourth-order valence-corrected chi connectivity index (χ4v) is 5.83. The molecule has 0 spiro atoms. The number of methoxy groups -OCH3 is 1. The summed E-state index contributed by atoms with van der Waals surface area (Å²) in [5, 5.41) is 9.37. The van der Waals surface area contributed by atoms with Crippen LogP contribution >= 0.6 is 0 Å². The van der Waals surface area contributed by atoms with E-state index in [4.69, 9.17) is 9.47 Å². The van der Waals surface area contributed by atoms with Crippen LogP contribution in [-0.2, 0) is 4.79 Å². The van der Waals surface area contributed by atoms with Crippen LogP contribution in [0.5, 0.6) is 11.6 Å². The average Bonchev–Trinajstić information content (AvgIpc) is 3.85. The Labute approximate surface area is 247 Å². The zero-order valence-electron chi connectivity index (χ0n) is 24.6. The van der Waals surface area contributed by atoms with Crippen LogP contribution in [0.2, 0.25) is 0 Å². The molecular formula is C33H40N4O5. The minimum absolute atomic E-state index is 0.0140. The lowest BCUT2D eigenvalue weighted by Gasteiger charge is -2.35. The third-order valence-electron chi connectivity index (χ3n) is 8.26. The molecule has 9 nitrogen and oxygen atoms in total. The van der Waals surface area contributed by atoms with E-state index in [0.29, 0.717) is 41.5 Å². The average molecular weight is 573 g/mol. The minimum Gasteiger partial charge on any atom is -0.497 e. The van der Waals surface area contributed by atoms with E-state index in [1.165, 1.54) is 0 Å². The molecule has 1 saturated heterocycles. The van der Waals surface area contributed by atoms with E-state index in [-0.39, 0.29) is 24.3 Å². The fraction of sp³-hybridized carbons (Fsp3) is 0.455. The lowest BCUT2D eigenvalue weighted by Crippen LogP contribution is -2.40. The van der Waals surface area contributed by atoms with Crippen molar-refractivity contribution in [1.29, 1.82) is 0 Å². The van der Waals surface area contributed by atoms with Gasteiger partial charge in [0.15, 0.2) is 0 Å². The van der Waals surface area contributed by atoms with Crippen LogP contribution in [0.1, 0.15) is 67.8 Å². The van der Waals surface area contributed by atoms with Gasteiger partial charge in [0.05, 0.1) is 31.4 Å². The third kappa shape index (κ3) is 7.01. The Morgan fingerprint density at radius 3 is 2.45 bits per heavy atom. The number of carbonyl (C=O) groups excluding carboxylic acids is 1. The predicted octanol–water partition coefficient (Wildman–Crippen LogP) is 5.80. The number of aliphatic carboxylic acids is 1. The van der Waals surface area contributed by atoms with Gasteiger partial charge >= 0.3 is 5.97 Å². The Morgan fingerprint density at radius 1 is 1.02 bits per heavy atom. The number of carbonyl (C=O) groups is 2. The summed E-state index contributed by atoms with van der Waals surface area (Å²) < 4.78 is 11.6. The number of amides is 1. The number of carboxylic acids is 1. The second-order valence-corrected chi connectivity index (χ2v) is 11.6. The molecule has 0 radical (unpaired) electrons. The first-order chi connectivity index (χ1) is 20.3. The van der Waals surface area contributed by atoms with Gasteiger partial charge in [0.25, 0.3) is 5.91 Å². The molecule has 222 valence electrons. The Hall–Kier alpha value is -4.14. The Kier molecular flexibility index (Phi) is 9.25. The molecule has 1 aliphatic carbocycles. The summed E-state index contributed by atoms with van der Waals surface area (Å²) in [7, 11) is 1.63. The summed E-state index contributed by atoms with van der Waals surface area (Å²) in [4.78, 5) is 38.1. The molecule has 2 fully saturated rings.